The minimum atomic E-state index is -0.817. The summed E-state index contributed by atoms with van der Waals surface area (Å²) in [6, 6.07) is 18.2. The van der Waals surface area contributed by atoms with Crippen molar-refractivity contribution in [3.05, 3.63) is 65.2 Å². The molecule has 2 fully saturated rings. The highest BCUT2D eigenvalue weighted by atomic mass is 35.5. The van der Waals surface area contributed by atoms with Crippen molar-refractivity contribution in [1.82, 2.24) is 0 Å². The van der Waals surface area contributed by atoms with Gasteiger partial charge in [-0.25, -0.2) is 9.78 Å². The Balaban J connectivity index is 1.62. The molecule has 4 rings (SSSR count). The largest absolute Gasteiger partial charge is 0.387 e. The minimum absolute atomic E-state index is 0.265. The van der Waals surface area contributed by atoms with Crippen molar-refractivity contribution in [1.29, 1.82) is 0 Å². The molecule has 1 saturated carbocycles. The first-order chi connectivity index (χ1) is 12.5. The number of hydrogen-bond donors (Lipinski definition) is 1. The standard InChI is InChI=1S/C21H23ClO3S/c1-20(23)12-11-16-13-19(20)24-25-21(16,15-5-3-2-4-6-15)14-26-18-9-7-17(22)8-10-18/h2-10,16,19,23H,11-14H2,1H3/t16?,19?,20?,21-/m0/s1. The van der Waals surface area contributed by atoms with E-state index in [4.69, 9.17) is 21.4 Å². The second kappa shape index (κ2) is 7.17. The smallest absolute Gasteiger partial charge is 0.141 e. The summed E-state index contributed by atoms with van der Waals surface area (Å²) < 4.78 is 0. The number of hydrogen-bond acceptors (Lipinski definition) is 4. The lowest BCUT2D eigenvalue weighted by molar-refractivity contribution is -0.450. The fourth-order valence-corrected chi connectivity index (χ4v) is 5.27. The maximum Gasteiger partial charge on any atom is 0.141 e. The molecule has 138 valence electrons. The summed E-state index contributed by atoms with van der Waals surface area (Å²) in [5, 5.41) is 11.3. The van der Waals surface area contributed by atoms with Gasteiger partial charge in [0.2, 0.25) is 0 Å². The van der Waals surface area contributed by atoms with Gasteiger partial charge in [0.25, 0.3) is 0 Å². The number of benzene rings is 2. The van der Waals surface area contributed by atoms with Crippen molar-refractivity contribution in [3.63, 3.8) is 0 Å². The van der Waals surface area contributed by atoms with Crippen LogP contribution < -0.4 is 0 Å². The molecule has 1 aliphatic heterocycles. The van der Waals surface area contributed by atoms with Gasteiger partial charge in [-0.15, -0.1) is 11.8 Å². The quantitative estimate of drug-likeness (QED) is 0.574. The van der Waals surface area contributed by atoms with Gasteiger partial charge >= 0.3 is 0 Å². The van der Waals surface area contributed by atoms with Gasteiger partial charge in [0.05, 0.1) is 5.60 Å². The second-order valence-corrected chi connectivity index (χ2v) is 8.98. The lowest BCUT2D eigenvalue weighted by Gasteiger charge is -2.52. The Morgan fingerprint density at radius 1 is 1.15 bits per heavy atom. The summed E-state index contributed by atoms with van der Waals surface area (Å²) in [5.74, 6) is 1.06. The van der Waals surface area contributed by atoms with Crippen LogP contribution in [0.15, 0.2) is 59.5 Å². The lowest BCUT2D eigenvalue weighted by atomic mass is 9.68. The van der Waals surface area contributed by atoms with Crippen LogP contribution in [0.2, 0.25) is 5.02 Å². The average molecular weight is 391 g/mol. The Morgan fingerprint density at radius 3 is 2.62 bits per heavy atom. The van der Waals surface area contributed by atoms with Gasteiger partial charge in [-0.2, -0.15) is 0 Å². The minimum Gasteiger partial charge on any atom is -0.387 e. The number of thioether (sulfide) groups is 1. The number of aliphatic hydroxyl groups is 1. The molecule has 2 aliphatic rings. The van der Waals surface area contributed by atoms with Gasteiger partial charge in [0.15, 0.2) is 0 Å². The number of rotatable bonds is 4. The zero-order valence-electron chi connectivity index (χ0n) is 14.7. The van der Waals surface area contributed by atoms with E-state index in [0.717, 1.165) is 40.5 Å². The van der Waals surface area contributed by atoms with Crippen molar-refractivity contribution >= 4 is 23.4 Å². The predicted octanol–water partition coefficient (Wildman–Crippen LogP) is 5.21. The normalized spacial score (nSPS) is 33.8. The third-order valence-corrected chi connectivity index (χ3v) is 7.12. The van der Waals surface area contributed by atoms with Gasteiger partial charge in [0, 0.05) is 15.7 Å². The highest BCUT2D eigenvalue weighted by Gasteiger charge is 2.54. The first-order valence-electron chi connectivity index (χ1n) is 9.00. The van der Waals surface area contributed by atoms with Crippen molar-refractivity contribution in [3.8, 4) is 0 Å². The molecule has 4 atom stereocenters. The van der Waals surface area contributed by atoms with Crippen LogP contribution in [0.5, 0.6) is 0 Å². The maximum absolute atomic E-state index is 10.5. The fraction of sp³-hybridized carbons (Fsp3) is 0.429. The summed E-state index contributed by atoms with van der Waals surface area (Å²) in [5.41, 5.74) is -0.201. The Hall–Kier alpha value is -1.04. The van der Waals surface area contributed by atoms with E-state index >= 15 is 0 Å². The Morgan fingerprint density at radius 2 is 1.88 bits per heavy atom. The van der Waals surface area contributed by atoms with Gasteiger partial charge in [0.1, 0.15) is 11.7 Å². The van der Waals surface area contributed by atoms with E-state index in [1.54, 1.807) is 11.8 Å². The first-order valence-corrected chi connectivity index (χ1v) is 10.4. The van der Waals surface area contributed by atoms with E-state index < -0.39 is 11.2 Å². The molecule has 2 aromatic carbocycles. The van der Waals surface area contributed by atoms with Crippen LogP contribution in [0.3, 0.4) is 0 Å². The summed E-state index contributed by atoms with van der Waals surface area (Å²) in [6.45, 7) is 1.84. The molecular formula is C21H23ClO3S. The fourth-order valence-electron chi connectivity index (χ4n) is 3.99. The van der Waals surface area contributed by atoms with Crippen LogP contribution in [0, 0.1) is 5.92 Å². The SMILES string of the molecule is CC1(O)CCC2CC1OO[C@@]2(CSc1ccc(Cl)cc1)c1ccccc1. The summed E-state index contributed by atoms with van der Waals surface area (Å²) in [6.07, 6.45) is 2.19. The van der Waals surface area contributed by atoms with Gasteiger partial charge in [-0.05, 0) is 61.9 Å². The van der Waals surface area contributed by atoms with Crippen molar-refractivity contribution in [2.75, 3.05) is 5.75 Å². The first kappa shape index (κ1) is 18.3. The third-order valence-electron chi connectivity index (χ3n) is 5.69. The predicted molar refractivity (Wildman–Crippen MR) is 104 cm³/mol. The number of halogens is 1. The van der Waals surface area contributed by atoms with Gasteiger partial charge < -0.3 is 5.11 Å². The number of fused-ring (bicyclic) bond motifs is 2. The van der Waals surface area contributed by atoms with E-state index in [-0.39, 0.29) is 6.10 Å². The molecule has 3 unspecified atom stereocenters. The molecule has 0 spiro atoms. The second-order valence-electron chi connectivity index (χ2n) is 7.49. The zero-order chi connectivity index (χ0) is 18.2. The van der Waals surface area contributed by atoms with E-state index in [0.29, 0.717) is 5.92 Å². The molecule has 0 radical (unpaired) electrons. The molecular weight excluding hydrogens is 368 g/mol. The molecule has 3 nitrogen and oxygen atoms in total. The summed E-state index contributed by atoms with van der Waals surface area (Å²) >= 11 is 7.75. The van der Waals surface area contributed by atoms with E-state index in [2.05, 4.69) is 12.1 Å². The molecule has 26 heavy (non-hydrogen) atoms. The van der Waals surface area contributed by atoms with Crippen molar-refractivity contribution < 1.29 is 14.9 Å². The van der Waals surface area contributed by atoms with Crippen molar-refractivity contribution in [2.45, 2.75) is 48.4 Å². The summed E-state index contributed by atoms with van der Waals surface area (Å²) in [7, 11) is 0. The van der Waals surface area contributed by atoms with E-state index in [1.807, 2.05) is 49.4 Å². The van der Waals surface area contributed by atoms with Gasteiger partial charge in [-0.3, -0.25) is 0 Å². The van der Waals surface area contributed by atoms with Crippen LogP contribution in [0.1, 0.15) is 31.7 Å². The maximum atomic E-state index is 10.5. The summed E-state index contributed by atoms with van der Waals surface area (Å²) in [4.78, 5) is 13.0. The Kier molecular flexibility index (Phi) is 5.06. The molecule has 5 heteroatoms. The Bertz CT molecular complexity index is 750. The molecule has 1 N–H and O–H groups in total. The monoisotopic (exact) mass is 390 g/mol. The average Bonchev–Trinajstić information content (AvgIpc) is 2.66. The highest BCUT2D eigenvalue weighted by Crippen LogP contribution is 2.51. The van der Waals surface area contributed by atoms with Crippen LogP contribution in [0.25, 0.3) is 0 Å². The molecule has 1 heterocycles. The molecule has 0 amide bonds. The third kappa shape index (κ3) is 3.41. The molecule has 1 saturated heterocycles. The zero-order valence-corrected chi connectivity index (χ0v) is 16.3. The molecule has 0 aromatic heterocycles. The molecule has 2 bridgehead atoms. The van der Waals surface area contributed by atoms with Crippen LogP contribution in [-0.4, -0.2) is 22.6 Å². The molecule has 2 aromatic rings. The topological polar surface area (TPSA) is 38.7 Å². The van der Waals surface area contributed by atoms with Gasteiger partial charge in [-0.1, -0.05) is 41.9 Å². The highest BCUT2D eigenvalue weighted by molar-refractivity contribution is 7.99. The van der Waals surface area contributed by atoms with Crippen LogP contribution in [0.4, 0.5) is 0 Å². The van der Waals surface area contributed by atoms with Crippen LogP contribution >= 0.6 is 23.4 Å². The lowest BCUT2D eigenvalue weighted by Crippen LogP contribution is -2.57. The van der Waals surface area contributed by atoms with Crippen LogP contribution in [-0.2, 0) is 15.4 Å². The Labute approximate surface area is 163 Å². The van der Waals surface area contributed by atoms with Crippen molar-refractivity contribution in [2.24, 2.45) is 5.92 Å². The van der Waals surface area contributed by atoms with E-state index in [1.165, 1.54) is 0 Å². The molecule has 1 aliphatic carbocycles. The van der Waals surface area contributed by atoms with E-state index in [9.17, 15) is 5.11 Å².